The molecule has 2 heterocycles. The van der Waals surface area contributed by atoms with Gasteiger partial charge in [0.05, 0.1) is 6.61 Å². The minimum absolute atomic E-state index is 0.0388. The first-order valence-corrected chi connectivity index (χ1v) is 8.62. The summed E-state index contributed by atoms with van der Waals surface area (Å²) in [6.07, 6.45) is 1.25. The Hall–Kier alpha value is -2.88. The van der Waals surface area contributed by atoms with Crippen LogP contribution >= 0.6 is 0 Å². The zero-order valence-corrected chi connectivity index (χ0v) is 13.5. The smallest absolute Gasteiger partial charge is 0.343 e. The third-order valence-corrected chi connectivity index (χ3v) is 4.64. The fraction of sp³-hybridized carbons (Fsp3) is 0.214. The van der Waals surface area contributed by atoms with Gasteiger partial charge in [-0.05, 0) is 25.1 Å². The molecule has 2 aromatic rings. The summed E-state index contributed by atoms with van der Waals surface area (Å²) in [5.41, 5.74) is 6.24. The first-order chi connectivity index (χ1) is 11.4. The summed E-state index contributed by atoms with van der Waals surface area (Å²) < 4.78 is 33.6. The maximum atomic E-state index is 11.8. The number of fused-ring (bicyclic) bond motifs is 1. The molecule has 0 saturated carbocycles. The molecule has 3 rings (SSSR count). The number of esters is 1. The zero-order chi connectivity index (χ0) is 17.3. The molecule has 1 aromatic heterocycles. The Morgan fingerprint density at radius 1 is 1.46 bits per heavy atom. The highest BCUT2D eigenvalue weighted by Gasteiger charge is 2.28. The van der Waals surface area contributed by atoms with Gasteiger partial charge in [-0.1, -0.05) is 0 Å². The van der Waals surface area contributed by atoms with E-state index in [1.165, 1.54) is 12.3 Å². The Balaban J connectivity index is 1.85. The molecular weight excluding hydrogens is 336 g/mol. The number of nitrogen functional groups attached to an aromatic ring is 1. The quantitative estimate of drug-likeness (QED) is 0.777. The minimum atomic E-state index is -3.44. The second-order valence-electron chi connectivity index (χ2n) is 4.88. The van der Waals surface area contributed by atoms with Crippen LogP contribution in [-0.4, -0.2) is 36.9 Å². The summed E-state index contributed by atoms with van der Waals surface area (Å²) >= 11 is 0. The summed E-state index contributed by atoms with van der Waals surface area (Å²) in [5, 5.41) is 2.84. The van der Waals surface area contributed by atoms with E-state index in [4.69, 9.17) is 15.2 Å². The first kappa shape index (κ1) is 16.0. The summed E-state index contributed by atoms with van der Waals surface area (Å²) in [4.78, 5) is 19.7. The van der Waals surface area contributed by atoms with Crippen LogP contribution in [-0.2, 0) is 14.6 Å². The molecule has 126 valence electrons. The van der Waals surface area contributed by atoms with Crippen molar-refractivity contribution in [3.63, 3.8) is 0 Å². The highest BCUT2D eigenvalue weighted by Crippen LogP contribution is 2.34. The van der Waals surface area contributed by atoms with Crippen LogP contribution in [0.4, 0.5) is 17.5 Å². The largest absolute Gasteiger partial charge is 0.476 e. The van der Waals surface area contributed by atoms with Crippen LogP contribution in [0.5, 0.6) is 5.75 Å². The molecule has 1 aliphatic heterocycles. The number of hydrogen-bond donors (Lipinski definition) is 2. The summed E-state index contributed by atoms with van der Waals surface area (Å²) in [7, 11) is -3.44. The molecule has 0 unspecified atom stereocenters. The number of nitrogens with one attached hydrogen (secondary N) is 1. The first-order valence-electron chi connectivity index (χ1n) is 6.97. The van der Waals surface area contributed by atoms with E-state index in [-0.39, 0.29) is 34.8 Å². The predicted molar refractivity (Wildman–Crippen MR) is 84.8 cm³/mol. The van der Waals surface area contributed by atoms with Crippen LogP contribution in [0.1, 0.15) is 17.3 Å². The van der Waals surface area contributed by atoms with Gasteiger partial charge in [0.15, 0.2) is 5.94 Å². The molecule has 0 saturated heterocycles. The number of aromatic nitrogens is 2. The number of rotatable bonds is 4. The van der Waals surface area contributed by atoms with Gasteiger partial charge in [0.25, 0.3) is 0 Å². The number of carbonyl (C=O) groups is 1. The summed E-state index contributed by atoms with van der Waals surface area (Å²) in [5.74, 6) is -0.593. The van der Waals surface area contributed by atoms with Gasteiger partial charge in [0.2, 0.25) is 15.8 Å². The van der Waals surface area contributed by atoms with Gasteiger partial charge < -0.3 is 20.5 Å². The summed E-state index contributed by atoms with van der Waals surface area (Å²) in [6.45, 7) is 1.89. The van der Waals surface area contributed by atoms with E-state index in [9.17, 15) is 13.2 Å². The molecule has 0 radical (unpaired) electrons. The monoisotopic (exact) mass is 350 g/mol. The van der Waals surface area contributed by atoms with Crippen molar-refractivity contribution >= 4 is 33.3 Å². The van der Waals surface area contributed by atoms with Crippen molar-refractivity contribution < 1.29 is 22.7 Å². The molecule has 9 nitrogen and oxygen atoms in total. The van der Waals surface area contributed by atoms with Gasteiger partial charge in [-0.25, -0.2) is 18.2 Å². The van der Waals surface area contributed by atoms with Gasteiger partial charge in [-0.3, -0.25) is 0 Å². The zero-order valence-electron chi connectivity index (χ0n) is 12.6. The second kappa shape index (κ2) is 5.96. The lowest BCUT2D eigenvalue weighted by molar-refractivity contribution is 0.0527. The van der Waals surface area contributed by atoms with Gasteiger partial charge in [0.1, 0.15) is 22.0 Å². The maximum absolute atomic E-state index is 11.8. The lowest BCUT2D eigenvalue weighted by atomic mass is 10.3. The van der Waals surface area contributed by atoms with E-state index in [2.05, 4.69) is 15.3 Å². The standard InChI is InChI=1S/C14H14N4O5S/c1-2-22-13(19)9-6-16-14(18-12(9)15)17-8-3-4-10-11(5-8)24(20,21)7-23-10/h3-6H,2,7H2,1H3,(H3,15,16,17,18). The molecule has 0 amide bonds. The van der Waals surface area contributed by atoms with Crippen molar-refractivity contribution in [2.75, 3.05) is 23.6 Å². The fourth-order valence-corrected chi connectivity index (χ4v) is 3.25. The molecule has 0 bridgehead atoms. The Labute approximate surface area is 137 Å². The third-order valence-electron chi connectivity index (χ3n) is 3.22. The molecular formula is C14H14N4O5S. The average molecular weight is 350 g/mol. The van der Waals surface area contributed by atoms with Gasteiger partial charge in [-0.2, -0.15) is 4.98 Å². The van der Waals surface area contributed by atoms with Crippen LogP contribution in [0.2, 0.25) is 0 Å². The van der Waals surface area contributed by atoms with E-state index in [1.54, 1.807) is 19.1 Å². The number of nitrogens with two attached hydrogens (primary N) is 1. The van der Waals surface area contributed by atoms with Gasteiger partial charge in [-0.15, -0.1) is 0 Å². The predicted octanol–water partition coefficient (Wildman–Crippen LogP) is 1.10. The third kappa shape index (κ3) is 2.95. The molecule has 3 N–H and O–H groups in total. The van der Waals surface area contributed by atoms with Gasteiger partial charge in [0, 0.05) is 11.9 Å². The van der Waals surface area contributed by atoms with Crippen LogP contribution in [0, 0.1) is 0 Å². The van der Waals surface area contributed by atoms with E-state index >= 15 is 0 Å². The highest BCUT2D eigenvalue weighted by atomic mass is 32.2. The van der Waals surface area contributed by atoms with Crippen LogP contribution in [0.3, 0.4) is 0 Å². The molecule has 1 aliphatic rings. The Bertz CT molecular complexity index is 913. The Morgan fingerprint density at radius 2 is 2.25 bits per heavy atom. The number of sulfone groups is 1. The van der Waals surface area contributed by atoms with Crippen LogP contribution in [0.15, 0.2) is 29.3 Å². The number of nitrogens with zero attached hydrogens (tertiary/aromatic N) is 2. The topological polar surface area (TPSA) is 134 Å². The number of benzene rings is 1. The Kier molecular flexibility index (Phi) is 3.97. The average Bonchev–Trinajstić information content (AvgIpc) is 2.83. The van der Waals surface area contributed by atoms with Crippen molar-refractivity contribution in [1.82, 2.24) is 9.97 Å². The number of hydrogen-bond acceptors (Lipinski definition) is 9. The Morgan fingerprint density at radius 3 is 2.96 bits per heavy atom. The maximum Gasteiger partial charge on any atom is 0.343 e. The molecule has 1 aromatic carbocycles. The summed E-state index contributed by atoms with van der Waals surface area (Å²) in [6, 6.07) is 4.59. The van der Waals surface area contributed by atoms with Crippen LogP contribution in [0.25, 0.3) is 0 Å². The second-order valence-corrected chi connectivity index (χ2v) is 6.78. The molecule has 0 fully saturated rings. The fourth-order valence-electron chi connectivity index (χ4n) is 2.10. The number of anilines is 3. The number of carbonyl (C=O) groups excluding carboxylic acids is 1. The van der Waals surface area contributed by atoms with Crippen molar-refractivity contribution in [2.24, 2.45) is 0 Å². The lowest BCUT2D eigenvalue weighted by Crippen LogP contribution is -2.11. The van der Waals surface area contributed by atoms with Gasteiger partial charge >= 0.3 is 5.97 Å². The van der Waals surface area contributed by atoms with Crippen LogP contribution < -0.4 is 15.8 Å². The van der Waals surface area contributed by atoms with E-state index in [0.717, 1.165) is 0 Å². The van der Waals surface area contributed by atoms with Crippen molar-refractivity contribution in [2.45, 2.75) is 11.8 Å². The molecule has 0 atom stereocenters. The van der Waals surface area contributed by atoms with E-state index in [0.29, 0.717) is 11.4 Å². The van der Waals surface area contributed by atoms with E-state index in [1.807, 2.05) is 0 Å². The van der Waals surface area contributed by atoms with Crippen molar-refractivity contribution in [1.29, 1.82) is 0 Å². The van der Waals surface area contributed by atoms with Crippen molar-refractivity contribution in [3.05, 3.63) is 30.0 Å². The minimum Gasteiger partial charge on any atom is -0.476 e. The molecule has 24 heavy (non-hydrogen) atoms. The molecule has 10 heteroatoms. The lowest BCUT2D eigenvalue weighted by Gasteiger charge is -2.08. The molecule has 0 aliphatic carbocycles. The van der Waals surface area contributed by atoms with E-state index < -0.39 is 15.8 Å². The molecule has 0 spiro atoms. The SMILES string of the molecule is CCOC(=O)c1cnc(Nc2ccc3c(c2)S(=O)(=O)CO3)nc1N. The highest BCUT2D eigenvalue weighted by molar-refractivity contribution is 7.91. The number of ether oxygens (including phenoxy) is 2. The van der Waals surface area contributed by atoms with Crippen molar-refractivity contribution in [3.8, 4) is 5.75 Å². The normalized spacial score (nSPS) is 14.5.